The monoisotopic (exact) mass is 287 g/mol. The van der Waals surface area contributed by atoms with E-state index in [1.807, 2.05) is 48.1 Å². The summed E-state index contributed by atoms with van der Waals surface area (Å²) in [4.78, 5) is 0. The zero-order valence-corrected chi connectivity index (χ0v) is 12.0. The van der Waals surface area contributed by atoms with Crippen molar-refractivity contribution in [3.8, 4) is 17.1 Å². The number of halogens is 1. The van der Waals surface area contributed by atoms with Gasteiger partial charge in [-0.05, 0) is 18.0 Å². The van der Waals surface area contributed by atoms with Crippen LogP contribution in [0.15, 0.2) is 36.5 Å². The van der Waals surface area contributed by atoms with Gasteiger partial charge in [-0.2, -0.15) is 5.10 Å². The Morgan fingerprint density at radius 3 is 2.60 bits per heavy atom. The van der Waals surface area contributed by atoms with Crippen LogP contribution in [0.25, 0.3) is 17.1 Å². The molecule has 0 aliphatic heterocycles. The molecule has 5 nitrogen and oxygen atoms in total. The van der Waals surface area contributed by atoms with Gasteiger partial charge in [0.1, 0.15) is 0 Å². The van der Waals surface area contributed by atoms with E-state index in [0.717, 1.165) is 29.2 Å². The number of hydrogen-bond donors (Lipinski definition) is 0. The summed E-state index contributed by atoms with van der Waals surface area (Å²) < 4.78 is 3.61. The van der Waals surface area contributed by atoms with E-state index in [4.69, 9.17) is 11.6 Å². The van der Waals surface area contributed by atoms with Crippen LogP contribution in [0.2, 0.25) is 5.28 Å². The minimum Gasteiger partial charge on any atom is -0.273 e. The van der Waals surface area contributed by atoms with Crippen LogP contribution in [-0.4, -0.2) is 24.5 Å². The summed E-state index contributed by atoms with van der Waals surface area (Å²) in [6.45, 7) is 2.06. The molecule has 0 radical (unpaired) electrons. The molecule has 0 fully saturated rings. The van der Waals surface area contributed by atoms with Crippen molar-refractivity contribution in [2.45, 2.75) is 13.3 Å². The van der Waals surface area contributed by atoms with Crippen LogP contribution in [0.4, 0.5) is 0 Å². The highest BCUT2D eigenvalue weighted by Crippen LogP contribution is 2.26. The van der Waals surface area contributed by atoms with E-state index in [1.54, 1.807) is 4.68 Å². The van der Waals surface area contributed by atoms with Crippen molar-refractivity contribution in [3.63, 3.8) is 0 Å². The topological polar surface area (TPSA) is 48.5 Å². The Morgan fingerprint density at radius 2 is 1.90 bits per heavy atom. The quantitative estimate of drug-likeness (QED) is 0.744. The molecular formula is C14H14ClN5. The SMILES string of the molecule is CCc1nn(C)cc1-n1c(Cl)nnc1-c1ccccc1. The van der Waals surface area contributed by atoms with Crippen LogP contribution in [0.5, 0.6) is 0 Å². The molecule has 0 saturated carbocycles. The lowest BCUT2D eigenvalue weighted by molar-refractivity contribution is 0.746. The molecule has 6 heteroatoms. The Bertz CT molecular complexity index is 729. The summed E-state index contributed by atoms with van der Waals surface area (Å²) in [5.41, 5.74) is 2.85. The maximum atomic E-state index is 6.22. The van der Waals surface area contributed by atoms with Crippen LogP contribution >= 0.6 is 11.6 Å². The van der Waals surface area contributed by atoms with Crippen LogP contribution in [0.1, 0.15) is 12.6 Å². The molecule has 3 aromatic rings. The Hall–Kier alpha value is -2.14. The Kier molecular flexibility index (Phi) is 3.28. The average Bonchev–Trinajstić information content (AvgIpc) is 3.02. The molecule has 102 valence electrons. The van der Waals surface area contributed by atoms with E-state index < -0.39 is 0 Å². The van der Waals surface area contributed by atoms with Crippen molar-refractivity contribution < 1.29 is 0 Å². The van der Waals surface area contributed by atoms with Crippen molar-refractivity contribution >= 4 is 11.6 Å². The summed E-state index contributed by atoms with van der Waals surface area (Å²) in [5, 5.41) is 13.0. The van der Waals surface area contributed by atoms with Crippen molar-refractivity contribution in [3.05, 3.63) is 47.5 Å². The molecule has 3 rings (SSSR count). The van der Waals surface area contributed by atoms with Gasteiger partial charge in [0.15, 0.2) is 5.82 Å². The molecule has 0 aliphatic rings. The third-order valence-electron chi connectivity index (χ3n) is 3.11. The molecule has 0 bridgehead atoms. The molecule has 0 N–H and O–H groups in total. The molecule has 0 saturated heterocycles. The predicted octanol–water partition coefficient (Wildman–Crippen LogP) is 2.88. The van der Waals surface area contributed by atoms with E-state index in [0.29, 0.717) is 5.28 Å². The second-order valence-electron chi connectivity index (χ2n) is 4.48. The summed E-state index contributed by atoms with van der Waals surface area (Å²) in [6.07, 6.45) is 2.75. The van der Waals surface area contributed by atoms with Gasteiger partial charge in [-0.3, -0.25) is 9.25 Å². The molecule has 2 heterocycles. The summed E-state index contributed by atoms with van der Waals surface area (Å²) in [6, 6.07) is 9.86. The Morgan fingerprint density at radius 1 is 1.15 bits per heavy atom. The van der Waals surface area contributed by atoms with Gasteiger partial charge in [0.05, 0.1) is 11.4 Å². The van der Waals surface area contributed by atoms with Gasteiger partial charge in [-0.25, -0.2) is 0 Å². The minimum atomic E-state index is 0.339. The molecule has 2 aromatic heterocycles. The molecule has 0 aliphatic carbocycles. The first-order valence-corrected chi connectivity index (χ1v) is 6.77. The van der Waals surface area contributed by atoms with Gasteiger partial charge in [0, 0.05) is 18.8 Å². The molecule has 0 atom stereocenters. The van der Waals surface area contributed by atoms with Crippen LogP contribution < -0.4 is 0 Å². The van der Waals surface area contributed by atoms with Crippen molar-refractivity contribution in [1.29, 1.82) is 0 Å². The number of hydrogen-bond acceptors (Lipinski definition) is 3. The number of nitrogens with zero attached hydrogens (tertiary/aromatic N) is 5. The maximum Gasteiger partial charge on any atom is 0.230 e. The normalized spacial score (nSPS) is 10.9. The Balaban J connectivity index is 2.22. The van der Waals surface area contributed by atoms with Crippen molar-refractivity contribution in [2.75, 3.05) is 0 Å². The molecular weight excluding hydrogens is 274 g/mol. The maximum absolute atomic E-state index is 6.22. The van der Waals surface area contributed by atoms with Crippen LogP contribution in [0.3, 0.4) is 0 Å². The summed E-state index contributed by atoms with van der Waals surface area (Å²) >= 11 is 6.22. The molecule has 1 aromatic carbocycles. The second-order valence-corrected chi connectivity index (χ2v) is 4.82. The van der Waals surface area contributed by atoms with Gasteiger partial charge in [0.2, 0.25) is 5.28 Å². The fourth-order valence-corrected chi connectivity index (χ4v) is 2.42. The zero-order valence-electron chi connectivity index (χ0n) is 11.3. The predicted molar refractivity (Wildman–Crippen MR) is 77.9 cm³/mol. The lowest BCUT2D eigenvalue weighted by Gasteiger charge is -2.06. The Labute approximate surface area is 121 Å². The molecule has 0 amide bonds. The van der Waals surface area contributed by atoms with Crippen molar-refractivity contribution in [2.24, 2.45) is 7.05 Å². The summed E-state index contributed by atoms with van der Waals surface area (Å²) in [5.74, 6) is 0.721. The van der Waals surface area contributed by atoms with E-state index in [1.165, 1.54) is 0 Å². The molecule has 20 heavy (non-hydrogen) atoms. The number of aryl methyl sites for hydroxylation is 2. The van der Waals surface area contributed by atoms with E-state index in [-0.39, 0.29) is 0 Å². The highest BCUT2D eigenvalue weighted by atomic mass is 35.5. The van der Waals surface area contributed by atoms with E-state index >= 15 is 0 Å². The van der Waals surface area contributed by atoms with Gasteiger partial charge in [-0.15, -0.1) is 10.2 Å². The highest BCUT2D eigenvalue weighted by Gasteiger charge is 2.18. The van der Waals surface area contributed by atoms with Gasteiger partial charge < -0.3 is 0 Å². The molecule has 0 spiro atoms. The van der Waals surface area contributed by atoms with E-state index in [2.05, 4.69) is 22.2 Å². The fourth-order valence-electron chi connectivity index (χ4n) is 2.21. The number of aromatic nitrogens is 5. The highest BCUT2D eigenvalue weighted by molar-refractivity contribution is 6.28. The standard InChI is InChI=1S/C14H14ClN5/c1-3-11-12(9-19(2)18-11)20-13(16-17-14(20)15)10-7-5-4-6-8-10/h4-9H,3H2,1-2H3. The lowest BCUT2D eigenvalue weighted by Crippen LogP contribution is -2.00. The average molecular weight is 288 g/mol. The number of benzene rings is 1. The third-order valence-corrected chi connectivity index (χ3v) is 3.36. The van der Waals surface area contributed by atoms with Crippen LogP contribution in [0, 0.1) is 0 Å². The first-order valence-electron chi connectivity index (χ1n) is 6.40. The molecule has 0 unspecified atom stereocenters. The smallest absolute Gasteiger partial charge is 0.230 e. The van der Waals surface area contributed by atoms with Gasteiger partial charge in [0.25, 0.3) is 0 Å². The minimum absolute atomic E-state index is 0.339. The second kappa shape index (κ2) is 5.09. The number of rotatable bonds is 3. The first kappa shape index (κ1) is 12.9. The van der Waals surface area contributed by atoms with E-state index in [9.17, 15) is 0 Å². The third kappa shape index (κ3) is 2.10. The van der Waals surface area contributed by atoms with Crippen molar-refractivity contribution in [1.82, 2.24) is 24.5 Å². The zero-order chi connectivity index (χ0) is 14.1. The first-order chi connectivity index (χ1) is 9.70. The van der Waals surface area contributed by atoms with Gasteiger partial charge in [-0.1, -0.05) is 37.3 Å². The van der Waals surface area contributed by atoms with Gasteiger partial charge >= 0.3 is 0 Å². The largest absolute Gasteiger partial charge is 0.273 e. The summed E-state index contributed by atoms with van der Waals surface area (Å²) in [7, 11) is 1.89. The lowest BCUT2D eigenvalue weighted by atomic mass is 10.2. The van der Waals surface area contributed by atoms with Crippen LogP contribution in [-0.2, 0) is 13.5 Å². The fraction of sp³-hybridized carbons (Fsp3) is 0.214.